The molecule has 138 valence electrons. The Morgan fingerprint density at radius 2 is 2.08 bits per heavy atom. The molecule has 0 bridgehead atoms. The van der Waals surface area contributed by atoms with Crippen LogP contribution in [-0.4, -0.2) is 48.5 Å². The SMILES string of the molecule is O=S(=O)(c1ccc2c(c1)CCO2)N1CCCC(Oc2ncc(F)cn2)C1. The Morgan fingerprint density at radius 1 is 1.27 bits per heavy atom. The molecule has 0 saturated carbocycles. The number of fused-ring (bicyclic) bond motifs is 1. The van der Waals surface area contributed by atoms with Crippen molar-refractivity contribution in [3.8, 4) is 11.8 Å². The number of ether oxygens (including phenoxy) is 2. The van der Waals surface area contributed by atoms with E-state index in [4.69, 9.17) is 9.47 Å². The smallest absolute Gasteiger partial charge is 0.316 e. The van der Waals surface area contributed by atoms with E-state index in [-0.39, 0.29) is 23.6 Å². The molecule has 1 aromatic heterocycles. The third kappa shape index (κ3) is 3.36. The van der Waals surface area contributed by atoms with Gasteiger partial charge in [0.2, 0.25) is 10.0 Å². The zero-order valence-electron chi connectivity index (χ0n) is 14.0. The molecule has 2 aliphatic rings. The van der Waals surface area contributed by atoms with E-state index in [1.54, 1.807) is 18.2 Å². The first-order valence-electron chi connectivity index (χ1n) is 8.42. The van der Waals surface area contributed by atoms with Gasteiger partial charge in [-0.2, -0.15) is 4.31 Å². The molecule has 0 spiro atoms. The molecule has 1 fully saturated rings. The first-order chi connectivity index (χ1) is 12.5. The minimum absolute atomic E-state index is 0.0466. The lowest BCUT2D eigenvalue weighted by Crippen LogP contribution is -2.44. The Kier molecular flexibility index (Phi) is 4.49. The molecule has 26 heavy (non-hydrogen) atoms. The molecule has 3 heterocycles. The van der Waals surface area contributed by atoms with Crippen molar-refractivity contribution >= 4 is 10.0 Å². The van der Waals surface area contributed by atoms with Crippen molar-refractivity contribution < 1.29 is 22.3 Å². The van der Waals surface area contributed by atoms with Crippen LogP contribution in [0.3, 0.4) is 0 Å². The molecule has 0 aliphatic carbocycles. The fourth-order valence-corrected chi connectivity index (χ4v) is 4.76. The predicted molar refractivity (Wildman–Crippen MR) is 90.0 cm³/mol. The molecule has 1 aromatic carbocycles. The zero-order chi connectivity index (χ0) is 18.1. The molecule has 2 aromatic rings. The highest BCUT2D eigenvalue weighted by Crippen LogP contribution is 2.30. The minimum atomic E-state index is -3.62. The van der Waals surface area contributed by atoms with Gasteiger partial charge in [-0.1, -0.05) is 0 Å². The normalized spacial score (nSPS) is 20.4. The van der Waals surface area contributed by atoms with Gasteiger partial charge in [-0.05, 0) is 36.6 Å². The van der Waals surface area contributed by atoms with Gasteiger partial charge in [-0.25, -0.2) is 22.8 Å². The predicted octanol–water partition coefficient (Wildman–Crippen LogP) is 1.78. The molecule has 0 amide bonds. The van der Waals surface area contributed by atoms with Gasteiger partial charge in [0.15, 0.2) is 5.82 Å². The molecule has 2 aliphatic heterocycles. The Balaban J connectivity index is 1.50. The summed E-state index contributed by atoms with van der Waals surface area (Å²) in [5.41, 5.74) is 0.913. The average Bonchev–Trinajstić information content (AvgIpc) is 3.12. The maximum atomic E-state index is 13.0. The minimum Gasteiger partial charge on any atom is -0.493 e. The first-order valence-corrected chi connectivity index (χ1v) is 9.86. The highest BCUT2D eigenvalue weighted by Gasteiger charge is 2.32. The van der Waals surface area contributed by atoms with Crippen molar-refractivity contribution in [2.75, 3.05) is 19.7 Å². The van der Waals surface area contributed by atoms with Crippen LogP contribution in [0, 0.1) is 5.82 Å². The van der Waals surface area contributed by atoms with Crippen molar-refractivity contribution in [3.63, 3.8) is 0 Å². The average molecular weight is 379 g/mol. The van der Waals surface area contributed by atoms with Crippen molar-refractivity contribution in [2.45, 2.75) is 30.3 Å². The Bertz CT molecular complexity index is 905. The first kappa shape index (κ1) is 17.2. The fourth-order valence-electron chi connectivity index (χ4n) is 3.20. The van der Waals surface area contributed by atoms with Crippen molar-refractivity contribution in [1.82, 2.24) is 14.3 Å². The quantitative estimate of drug-likeness (QED) is 0.806. The van der Waals surface area contributed by atoms with Gasteiger partial charge in [0.1, 0.15) is 11.9 Å². The van der Waals surface area contributed by atoms with Crippen LogP contribution in [0.1, 0.15) is 18.4 Å². The van der Waals surface area contributed by atoms with Gasteiger partial charge in [-0.3, -0.25) is 0 Å². The van der Waals surface area contributed by atoms with Crippen LogP contribution >= 0.6 is 0 Å². The van der Waals surface area contributed by atoms with Gasteiger partial charge in [0.25, 0.3) is 0 Å². The molecule has 1 saturated heterocycles. The van der Waals surface area contributed by atoms with E-state index in [1.165, 1.54) is 4.31 Å². The summed E-state index contributed by atoms with van der Waals surface area (Å²) in [4.78, 5) is 7.80. The summed E-state index contributed by atoms with van der Waals surface area (Å²) in [6.45, 7) is 1.22. The number of hydrogen-bond donors (Lipinski definition) is 0. The number of sulfonamides is 1. The number of nitrogens with zero attached hydrogens (tertiary/aromatic N) is 3. The molecule has 0 radical (unpaired) electrons. The van der Waals surface area contributed by atoms with Crippen LogP contribution in [0.5, 0.6) is 11.8 Å². The largest absolute Gasteiger partial charge is 0.493 e. The van der Waals surface area contributed by atoms with Gasteiger partial charge in [0.05, 0.1) is 30.4 Å². The van der Waals surface area contributed by atoms with Crippen LogP contribution in [0.15, 0.2) is 35.5 Å². The third-order valence-electron chi connectivity index (χ3n) is 4.51. The van der Waals surface area contributed by atoms with Crippen LogP contribution in [0.25, 0.3) is 0 Å². The number of halogens is 1. The molecule has 9 heteroatoms. The van der Waals surface area contributed by atoms with Gasteiger partial charge < -0.3 is 9.47 Å². The second-order valence-electron chi connectivity index (χ2n) is 6.30. The highest BCUT2D eigenvalue weighted by atomic mass is 32.2. The molecular formula is C17H18FN3O4S. The van der Waals surface area contributed by atoms with Crippen molar-refractivity contribution in [3.05, 3.63) is 42.0 Å². The van der Waals surface area contributed by atoms with E-state index in [1.807, 2.05) is 0 Å². The summed E-state index contributed by atoms with van der Waals surface area (Å²) in [6, 6.07) is 5.02. The summed E-state index contributed by atoms with van der Waals surface area (Å²) in [6.07, 6.45) is 3.73. The lowest BCUT2D eigenvalue weighted by molar-refractivity contribution is 0.119. The summed E-state index contributed by atoms with van der Waals surface area (Å²) >= 11 is 0. The van der Waals surface area contributed by atoms with Crippen molar-refractivity contribution in [1.29, 1.82) is 0 Å². The van der Waals surface area contributed by atoms with Crippen LogP contribution in [0.2, 0.25) is 0 Å². The second-order valence-corrected chi connectivity index (χ2v) is 8.23. The topological polar surface area (TPSA) is 81.6 Å². The van der Waals surface area contributed by atoms with Crippen LogP contribution in [0.4, 0.5) is 4.39 Å². The lowest BCUT2D eigenvalue weighted by atomic mass is 10.1. The maximum absolute atomic E-state index is 13.0. The summed E-state index contributed by atoms with van der Waals surface area (Å²) < 4.78 is 51.3. The standard InChI is InChI=1S/C17H18FN3O4S/c18-13-9-19-17(20-10-13)25-14-2-1-6-21(11-14)26(22,23)15-3-4-16-12(8-15)5-7-24-16/h3-4,8-10,14H,1-2,5-7,11H2. The highest BCUT2D eigenvalue weighted by molar-refractivity contribution is 7.89. The molecule has 0 N–H and O–H groups in total. The zero-order valence-corrected chi connectivity index (χ0v) is 14.8. The van der Waals surface area contributed by atoms with E-state index in [0.29, 0.717) is 32.4 Å². The summed E-state index contributed by atoms with van der Waals surface area (Å²) in [7, 11) is -3.62. The molecule has 1 atom stereocenters. The third-order valence-corrected chi connectivity index (χ3v) is 6.37. The summed E-state index contributed by atoms with van der Waals surface area (Å²) in [5, 5.41) is 0. The van der Waals surface area contributed by atoms with Crippen LogP contribution in [-0.2, 0) is 16.4 Å². The Labute approximate surface area is 150 Å². The van der Waals surface area contributed by atoms with E-state index in [9.17, 15) is 12.8 Å². The number of rotatable bonds is 4. The lowest BCUT2D eigenvalue weighted by Gasteiger charge is -2.31. The maximum Gasteiger partial charge on any atom is 0.316 e. The van der Waals surface area contributed by atoms with Gasteiger partial charge >= 0.3 is 6.01 Å². The van der Waals surface area contributed by atoms with Gasteiger partial charge in [0, 0.05) is 13.0 Å². The molecular weight excluding hydrogens is 361 g/mol. The molecule has 7 nitrogen and oxygen atoms in total. The van der Waals surface area contributed by atoms with Gasteiger partial charge in [-0.15, -0.1) is 0 Å². The molecule has 1 unspecified atom stereocenters. The van der Waals surface area contributed by atoms with E-state index < -0.39 is 15.8 Å². The van der Waals surface area contributed by atoms with E-state index in [2.05, 4.69) is 9.97 Å². The second kappa shape index (κ2) is 6.81. The van der Waals surface area contributed by atoms with E-state index >= 15 is 0 Å². The number of hydrogen-bond acceptors (Lipinski definition) is 6. The summed E-state index contributed by atoms with van der Waals surface area (Å²) in [5.74, 6) is 0.197. The fraction of sp³-hybridized carbons (Fsp3) is 0.412. The number of aromatic nitrogens is 2. The molecule has 4 rings (SSSR count). The van der Waals surface area contributed by atoms with Crippen LogP contribution < -0.4 is 9.47 Å². The number of piperidine rings is 1. The van der Waals surface area contributed by atoms with E-state index in [0.717, 1.165) is 23.7 Å². The monoisotopic (exact) mass is 379 g/mol. The Morgan fingerprint density at radius 3 is 2.88 bits per heavy atom. The number of benzene rings is 1. The van der Waals surface area contributed by atoms with Crippen molar-refractivity contribution in [2.24, 2.45) is 0 Å². The Hall–Kier alpha value is -2.26.